The van der Waals surface area contributed by atoms with Crippen molar-refractivity contribution in [1.82, 2.24) is 20.6 Å². The molecule has 10 heteroatoms. The molecule has 3 aromatic rings. The largest absolute Gasteiger partial charge is 0.445 e. The van der Waals surface area contributed by atoms with Crippen molar-refractivity contribution in [2.24, 2.45) is 5.73 Å². The number of aromatic amines is 1. The molecule has 0 aliphatic carbocycles. The van der Waals surface area contributed by atoms with Gasteiger partial charge in [-0.2, -0.15) is 0 Å². The molecule has 3 amide bonds. The zero-order valence-corrected chi connectivity index (χ0v) is 21.0. The number of imidazole rings is 1. The lowest BCUT2D eigenvalue weighted by atomic mass is 10.0. The first kappa shape index (κ1) is 27.4. The first-order valence-corrected chi connectivity index (χ1v) is 11.9. The van der Waals surface area contributed by atoms with Crippen molar-refractivity contribution in [3.05, 3.63) is 90.0 Å². The minimum absolute atomic E-state index is 0.0140. The smallest absolute Gasteiger partial charge is 0.407 e. The highest BCUT2D eigenvalue weighted by atomic mass is 16.5. The topological polar surface area (TPSA) is 148 Å². The lowest BCUT2D eigenvalue weighted by molar-refractivity contribution is -0.137. The van der Waals surface area contributed by atoms with Crippen molar-refractivity contribution in [2.75, 3.05) is 6.61 Å². The zero-order chi connectivity index (χ0) is 26.7. The highest BCUT2D eigenvalue weighted by Crippen LogP contribution is 2.12. The van der Waals surface area contributed by atoms with Crippen LogP contribution >= 0.6 is 0 Å². The van der Waals surface area contributed by atoms with Crippen LogP contribution in [-0.4, -0.2) is 52.2 Å². The van der Waals surface area contributed by atoms with E-state index in [1.165, 1.54) is 6.33 Å². The van der Waals surface area contributed by atoms with Gasteiger partial charge in [-0.3, -0.25) is 9.59 Å². The molecule has 1 aromatic heterocycles. The maximum Gasteiger partial charge on any atom is 0.407 e. The highest BCUT2D eigenvalue weighted by Gasteiger charge is 2.29. The van der Waals surface area contributed by atoms with Gasteiger partial charge >= 0.3 is 6.09 Å². The summed E-state index contributed by atoms with van der Waals surface area (Å²) in [5.74, 6) is -1.17. The number of aromatic nitrogens is 2. The molecule has 196 valence electrons. The summed E-state index contributed by atoms with van der Waals surface area (Å²) in [5, 5.41) is 5.46. The van der Waals surface area contributed by atoms with Crippen LogP contribution < -0.4 is 16.4 Å². The number of H-pyrrole nitrogens is 1. The predicted octanol–water partition coefficient (Wildman–Crippen LogP) is 2.26. The second-order valence-electron chi connectivity index (χ2n) is 9.30. The number of primary amides is 1. The molecule has 2 aromatic carbocycles. The number of carbonyl (C=O) groups is 3. The molecule has 0 saturated heterocycles. The Hall–Kier alpha value is -4.18. The number of amides is 3. The van der Waals surface area contributed by atoms with Crippen LogP contribution in [0.4, 0.5) is 4.79 Å². The monoisotopic (exact) mass is 507 g/mol. The fourth-order valence-corrected chi connectivity index (χ4v) is 3.54. The molecule has 0 radical (unpaired) electrons. The van der Waals surface area contributed by atoms with E-state index in [9.17, 15) is 14.4 Å². The van der Waals surface area contributed by atoms with Crippen molar-refractivity contribution in [3.63, 3.8) is 0 Å². The number of nitrogens with zero attached hydrogens (tertiary/aromatic N) is 1. The van der Waals surface area contributed by atoms with Gasteiger partial charge in [0, 0.05) is 24.7 Å². The third-order valence-electron chi connectivity index (χ3n) is 5.49. The molecule has 10 nitrogen and oxygen atoms in total. The van der Waals surface area contributed by atoms with Crippen LogP contribution in [-0.2, 0) is 38.5 Å². The molecule has 37 heavy (non-hydrogen) atoms. The maximum atomic E-state index is 13.2. The van der Waals surface area contributed by atoms with Crippen molar-refractivity contribution in [1.29, 1.82) is 0 Å². The molecule has 0 bridgehead atoms. The van der Waals surface area contributed by atoms with Gasteiger partial charge in [0.05, 0.1) is 18.5 Å². The van der Waals surface area contributed by atoms with E-state index >= 15 is 0 Å². The van der Waals surface area contributed by atoms with Gasteiger partial charge in [-0.25, -0.2) is 9.78 Å². The third-order valence-corrected chi connectivity index (χ3v) is 5.49. The second-order valence-corrected chi connectivity index (χ2v) is 9.30. The number of hydrogen-bond acceptors (Lipinski definition) is 6. The number of nitrogens with one attached hydrogen (secondary N) is 3. The molecule has 0 fully saturated rings. The Morgan fingerprint density at radius 1 is 1.00 bits per heavy atom. The first-order chi connectivity index (χ1) is 17.7. The van der Waals surface area contributed by atoms with Crippen LogP contribution in [0.15, 0.2) is 73.2 Å². The highest BCUT2D eigenvalue weighted by molar-refractivity contribution is 5.88. The van der Waals surface area contributed by atoms with E-state index in [0.29, 0.717) is 5.69 Å². The average Bonchev–Trinajstić information content (AvgIpc) is 3.39. The van der Waals surface area contributed by atoms with E-state index in [4.69, 9.17) is 15.2 Å². The summed E-state index contributed by atoms with van der Waals surface area (Å²) < 4.78 is 11.3. The van der Waals surface area contributed by atoms with Crippen LogP contribution in [0.2, 0.25) is 0 Å². The summed E-state index contributed by atoms with van der Waals surface area (Å²) >= 11 is 0. The Labute approximate surface area is 216 Å². The first-order valence-electron chi connectivity index (χ1n) is 11.9. The summed E-state index contributed by atoms with van der Waals surface area (Å²) in [6.45, 7) is 3.67. The molecular weight excluding hydrogens is 474 g/mol. The quantitative estimate of drug-likeness (QED) is 0.279. The number of nitrogens with two attached hydrogens (primary N) is 1. The number of hydrogen-bond donors (Lipinski definition) is 4. The number of alkyl carbamates (subject to hydrolysis) is 1. The van der Waals surface area contributed by atoms with Gasteiger partial charge in [-0.15, -0.1) is 0 Å². The molecule has 0 spiro atoms. The SMILES string of the molecule is CC(C)(COC(Cc1ccccc1)C(=O)NC(Cc1cnc[nH]1)C(N)=O)NC(=O)OCc1ccccc1. The zero-order valence-electron chi connectivity index (χ0n) is 21.0. The lowest BCUT2D eigenvalue weighted by Gasteiger charge is -2.29. The van der Waals surface area contributed by atoms with Gasteiger partial charge in [0.15, 0.2) is 0 Å². The fourth-order valence-electron chi connectivity index (χ4n) is 3.54. The Bertz CT molecular complexity index is 1140. The van der Waals surface area contributed by atoms with Crippen molar-refractivity contribution >= 4 is 17.9 Å². The number of ether oxygens (including phenoxy) is 2. The summed E-state index contributed by atoms with van der Waals surface area (Å²) in [6, 6.07) is 17.7. The fraction of sp³-hybridized carbons (Fsp3) is 0.333. The van der Waals surface area contributed by atoms with Crippen molar-refractivity contribution in [2.45, 2.75) is 51.0 Å². The van der Waals surface area contributed by atoms with E-state index in [1.54, 1.807) is 20.0 Å². The second kappa shape index (κ2) is 13.2. The van der Waals surface area contributed by atoms with E-state index in [0.717, 1.165) is 11.1 Å². The Balaban J connectivity index is 1.61. The molecule has 0 aliphatic heterocycles. The number of rotatable bonds is 13. The molecule has 2 atom stereocenters. The molecule has 1 heterocycles. The Morgan fingerprint density at radius 3 is 2.24 bits per heavy atom. The van der Waals surface area contributed by atoms with Gasteiger partial charge in [0.1, 0.15) is 18.8 Å². The van der Waals surface area contributed by atoms with E-state index in [2.05, 4.69) is 20.6 Å². The van der Waals surface area contributed by atoms with Crippen LogP contribution in [0.25, 0.3) is 0 Å². The molecule has 0 aliphatic rings. The summed E-state index contributed by atoms with van der Waals surface area (Å²) in [4.78, 5) is 44.4. The van der Waals surface area contributed by atoms with Gasteiger partial charge in [0.2, 0.25) is 11.8 Å². The number of benzene rings is 2. The Morgan fingerprint density at radius 2 is 1.65 bits per heavy atom. The van der Waals surface area contributed by atoms with Gasteiger partial charge in [-0.05, 0) is 25.0 Å². The molecule has 3 rings (SSSR count). The lowest BCUT2D eigenvalue weighted by Crippen LogP contribution is -2.52. The maximum absolute atomic E-state index is 13.2. The van der Waals surface area contributed by atoms with E-state index in [-0.39, 0.29) is 26.1 Å². The van der Waals surface area contributed by atoms with Crippen LogP contribution in [0, 0.1) is 0 Å². The third kappa shape index (κ3) is 9.42. The van der Waals surface area contributed by atoms with E-state index in [1.807, 2.05) is 60.7 Å². The summed E-state index contributed by atoms with van der Waals surface area (Å²) in [7, 11) is 0. The molecule has 0 saturated carbocycles. The van der Waals surface area contributed by atoms with Crippen LogP contribution in [0.1, 0.15) is 30.7 Å². The average molecular weight is 508 g/mol. The van der Waals surface area contributed by atoms with Gasteiger partial charge in [0.25, 0.3) is 0 Å². The minimum atomic E-state index is -0.950. The van der Waals surface area contributed by atoms with Gasteiger partial charge < -0.3 is 30.8 Å². The van der Waals surface area contributed by atoms with Crippen molar-refractivity contribution < 1.29 is 23.9 Å². The molecular formula is C27H33N5O5. The van der Waals surface area contributed by atoms with Crippen LogP contribution in [0.3, 0.4) is 0 Å². The van der Waals surface area contributed by atoms with Crippen molar-refractivity contribution in [3.8, 4) is 0 Å². The standard InChI is InChI=1S/C27H33N5O5/c1-27(2,32-26(35)36-16-20-11-7-4-8-12-20)17-37-23(13-19-9-5-3-6-10-19)25(34)31-22(24(28)33)14-21-15-29-18-30-21/h3-12,15,18,22-23H,13-14,16-17H2,1-2H3,(H2,28,33)(H,29,30)(H,31,34)(H,32,35). The molecule has 5 N–H and O–H groups in total. The predicted molar refractivity (Wildman–Crippen MR) is 137 cm³/mol. The van der Waals surface area contributed by atoms with Crippen LogP contribution in [0.5, 0.6) is 0 Å². The van der Waals surface area contributed by atoms with Gasteiger partial charge in [-0.1, -0.05) is 60.7 Å². The molecule has 2 unspecified atom stereocenters. The minimum Gasteiger partial charge on any atom is -0.445 e. The summed E-state index contributed by atoms with van der Waals surface area (Å²) in [6.07, 6.45) is 1.93. The number of carbonyl (C=O) groups excluding carboxylic acids is 3. The normalized spacial score (nSPS) is 12.8. The Kier molecular flexibility index (Phi) is 9.79. The summed E-state index contributed by atoms with van der Waals surface area (Å²) in [5.41, 5.74) is 7.08. The van der Waals surface area contributed by atoms with E-state index < -0.39 is 35.6 Å².